The van der Waals surface area contributed by atoms with Gasteiger partial charge in [-0.3, -0.25) is 14.9 Å². The summed E-state index contributed by atoms with van der Waals surface area (Å²) in [5.74, 6) is 0.244. The Hall–Kier alpha value is -3.62. The van der Waals surface area contributed by atoms with Crippen LogP contribution in [-0.4, -0.2) is 30.6 Å². The molecule has 126 valence electrons. The average Bonchev–Trinajstić information content (AvgIpc) is 3.15. The monoisotopic (exact) mass is 338 g/mol. The third-order valence-electron chi connectivity index (χ3n) is 3.52. The average molecular weight is 338 g/mol. The highest BCUT2D eigenvalue weighted by atomic mass is 16.6. The Morgan fingerprint density at radius 3 is 2.76 bits per heavy atom. The Labute approximate surface area is 142 Å². The summed E-state index contributed by atoms with van der Waals surface area (Å²) in [6, 6.07) is 9.76. The van der Waals surface area contributed by atoms with Gasteiger partial charge in [-0.25, -0.2) is 14.6 Å². The molecule has 3 rings (SSSR count). The molecule has 0 unspecified atom stereocenters. The molecule has 9 nitrogen and oxygen atoms in total. The van der Waals surface area contributed by atoms with Crippen molar-refractivity contribution in [1.29, 1.82) is 0 Å². The first-order valence-electron chi connectivity index (χ1n) is 7.43. The van der Waals surface area contributed by atoms with Gasteiger partial charge in [0.1, 0.15) is 12.7 Å². The normalized spacial score (nSPS) is 10.4. The molecule has 0 fully saturated rings. The van der Waals surface area contributed by atoms with Gasteiger partial charge in [0.25, 0.3) is 5.69 Å². The zero-order chi connectivity index (χ0) is 17.6. The molecule has 0 spiro atoms. The topological polar surface area (TPSA) is 116 Å². The fourth-order valence-corrected chi connectivity index (χ4v) is 2.36. The van der Waals surface area contributed by atoms with Crippen LogP contribution in [-0.2, 0) is 17.8 Å². The van der Waals surface area contributed by atoms with Gasteiger partial charge in [0.2, 0.25) is 5.91 Å². The molecular formula is C16H14N6O3. The number of nitro benzene ring substituents is 1. The van der Waals surface area contributed by atoms with E-state index in [1.54, 1.807) is 30.5 Å². The summed E-state index contributed by atoms with van der Waals surface area (Å²) in [5.41, 5.74) is 1.05. The largest absolute Gasteiger partial charge is 0.352 e. The highest BCUT2D eigenvalue weighted by Crippen LogP contribution is 2.18. The molecule has 1 amide bonds. The fourth-order valence-electron chi connectivity index (χ4n) is 2.36. The van der Waals surface area contributed by atoms with E-state index >= 15 is 0 Å². The Balaban J connectivity index is 1.69. The van der Waals surface area contributed by atoms with Crippen LogP contribution in [0.15, 0.2) is 55.2 Å². The number of nitrogens with one attached hydrogen (secondary N) is 1. The molecule has 0 bridgehead atoms. The SMILES string of the molecule is O=C(Cc1ccccc1[N+](=O)[O-])NCc1cccnc1-n1cncn1. The summed E-state index contributed by atoms with van der Waals surface area (Å²) in [6.07, 6.45) is 4.46. The first kappa shape index (κ1) is 16.2. The van der Waals surface area contributed by atoms with Crippen molar-refractivity contribution in [3.8, 4) is 5.82 Å². The molecule has 9 heteroatoms. The van der Waals surface area contributed by atoms with E-state index in [4.69, 9.17) is 0 Å². The number of hydrogen-bond donors (Lipinski definition) is 1. The van der Waals surface area contributed by atoms with E-state index in [0.29, 0.717) is 11.4 Å². The summed E-state index contributed by atoms with van der Waals surface area (Å²) in [5, 5.41) is 17.8. The molecular weight excluding hydrogens is 324 g/mol. The summed E-state index contributed by atoms with van der Waals surface area (Å²) < 4.78 is 1.50. The molecule has 0 aliphatic carbocycles. The third kappa shape index (κ3) is 3.83. The van der Waals surface area contributed by atoms with Gasteiger partial charge >= 0.3 is 0 Å². The van der Waals surface area contributed by atoms with E-state index in [1.165, 1.54) is 23.4 Å². The molecule has 1 aromatic carbocycles. The Morgan fingerprint density at radius 2 is 2.00 bits per heavy atom. The highest BCUT2D eigenvalue weighted by molar-refractivity contribution is 5.79. The second-order valence-corrected chi connectivity index (χ2v) is 5.17. The van der Waals surface area contributed by atoms with Gasteiger partial charge in [-0.05, 0) is 6.07 Å². The molecule has 3 aromatic rings. The first-order chi connectivity index (χ1) is 12.1. The summed E-state index contributed by atoms with van der Waals surface area (Å²) >= 11 is 0. The van der Waals surface area contributed by atoms with Crippen LogP contribution in [0.2, 0.25) is 0 Å². The molecule has 2 aromatic heterocycles. The lowest BCUT2D eigenvalue weighted by Gasteiger charge is -2.09. The minimum Gasteiger partial charge on any atom is -0.352 e. The molecule has 0 atom stereocenters. The van der Waals surface area contributed by atoms with Crippen molar-refractivity contribution >= 4 is 11.6 Å². The van der Waals surface area contributed by atoms with E-state index in [-0.39, 0.29) is 24.6 Å². The van der Waals surface area contributed by atoms with Crippen molar-refractivity contribution < 1.29 is 9.72 Å². The van der Waals surface area contributed by atoms with Crippen molar-refractivity contribution in [2.24, 2.45) is 0 Å². The number of para-hydroxylation sites is 1. The zero-order valence-electron chi connectivity index (χ0n) is 13.1. The number of carbonyl (C=O) groups excluding carboxylic acids is 1. The zero-order valence-corrected chi connectivity index (χ0v) is 13.1. The minimum absolute atomic E-state index is 0.0673. The van der Waals surface area contributed by atoms with E-state index in [9.17, 15) is 14.9 Å². The van der Waals surface area contributed by atoms with Crippen LogP contribution < -0.4 is 5.32 Å². The molecule has 2 heterocycles. The maximum Gasteiger partial charge on any atom is 0.273 e. The van der Waals surface area contributed by atoms with E-state index in [1.807, 2.05) is 6.07 Å². The summed E-state index contributed by atoms with van der Waals surface area (Å²) in [6.45, 7) is 0.225. The quantitative estimate of drug-likeness (QED) is 0.537. The predicted molar refractivity (Wildman–Crippen MR) is 87.8 cm³/mol. The molecule has 1 N–H and O–H groups in total. The molecule has 0 aliphatic heterocycles. The van der Waals surface area contributed by atoms with Crippen LogP contribution >= 0.6 is 0 Å². The van der Waals surface area contributed by atoms with Crippen molar-refractivity contribution in [3.05, 3.63) is 76.5 Å². The number of rotatable bonds is 6. The van der Waals surface area contributed by atoms with Crippen LogP contribution in [0.3, 0.4) is 0 Å². The lowest BCUT2D eigenvalue weighted by molar-refractivity contribution is -0.385. The predicted octanol–water partition coefficient (Wildman–Crippen LogP) is 1.43. The van der Waals surface area contributed by atoms with Crippen LogP contribution in [0.1, 0.15) is 11.1 Å². The number of hydrogen-bond acceptors (Lipinski definition) is 6. The molecule has 25 heavy (non-hydrogen) atoms. The van der Waals surface area contributed by atoms with Crippen molar-refractivity contribution in [2.45, 2.75) is 13.0 Å². The number of nitrogens with zero attached hydrogens (tertiary/aromatic N) is 5. The van der Waals surface area contributed by atoms with Gasteiger partial charge in [0.05, 0.1) is 11.3 Å². The Bertz CT molecular complexity index is 894. The fraction of sp³-hybridized carbons (Fsp3) is 0.125. The number of carbonyl (C=O) groups is 1. The van der Waals surface area contributed by atoms with Gasteiger partial charge in [0.15, 0.2) is 5.82 Å². The van der Waals surface area contributed by atoms with Crippen LogP contribution in [0.4, 0.5) is 5.69 Å². The standard InChI is InChI=1S/C16H14N6O3/c23-15(8-12-4-1-2-6-14(12)22(24)25)19-9-13-5-3-7-18-16(13)21-11-17-10-20-21/h1-7,10-11H,8-9H2,(H,19,23). The van der Waals surface area contributed by atoms with Crippen LogP contribution in [0, 0.1) is 10.1 Å². The van der Waals surface area contributed by atoms with E-state index in [2.05, 4.69) is 20.4 Å². The van der Waals surface area contributed by atoms with Gasteiger partial charge in [0, 0.05) is 29.9 Å². The Morgan fingerprint density at radius 1 is 1.20 bits per heavy atom. The maximum atomic E-state index is 12.2. The molecule has 0 saturated heterocycles. The number of amides is 1. The Kier molecular flexibility index (Phi) is 4.74. The smallest absolute Gasteiger partial charge is 0.273 e. The van der Waals surface area contributed by atoms with Crippen molar-refractivity contribution in [3.63, 3.8) is 0 Å². The molecule has 0 radical (unpaired) electrons. The third-order valence-corrected chi connectivity index (χ3v) is 3.52. The van der Waals surface area contributed by atoms with E-state index < -0.39 is 4.92 Å². The maximum absolute atomic E-state index is 12.2. The van der Waals surface area contributed by atoms with Gasteiger partial charge < -0.3 is 5.32 Å². The second kappa shape index (κ2) is 7.30. The lowest BCUT2D eigenvalue weighted by Crippen LogP contribution is -2.25. The van der Waals surface area contributed by atoms with E-state index in [0.717, 1.165) is 5.56 Å². The van der Waals surface area contributed by atoms with Crippen molar-refractivity contribution in [1.82, 2.24) is 25.1 Å². The van der Waals surface area contributed by atoms with Crippen LogP contribution in [0.5, 0.6) is 0 Å². The highest BCUT2D eigenvalue weighted by Gasteiger charge is 2.16. The first-order valence-corrected chi connectivity index (χ1v) is 7.43. The van der Waals surface area contributed by atoms with Crippen LogP contribution in [0.25, 0.3) is 5.82 Å². The number of aromatic nitrogens is 4. The number of nitro groups is 1. The lowest BCUT2D eigenvalue weighted by atomic mass is 10.1. The van der Waals surface area contributed by atoms with Gasteiger partial charge in [-0.2, -0.15) is 5.10 Å². The number of benzene rings is 1. The van der Waals surface area contributed by atoms with Gasteiger partial charge in [-0.15, -0.1) is 0 Å². The molecule has 0 saturated carbocycles. The van der Waals surface area contributed by atoms with Crippen molar-refractivity contribution in [2.75, 3.05) is 0 Å². The summed E-state index contributed by atoms with van der Waals surface area (Å²) in [4.78, 5) is 30.8. The second-order valence-electron chi connectivity index (χ2n) is 5.17. The summed E-state index contributed by atoms with van der Waals surface area (Å²) in [7, 11) is 0. The number of pyridine rings is 1. The molecule has 0 aliphatic rings. The van der Waals surface area contributed by atoms with Gasteiger partial charge in [-0.1, -0.05) is 24.3 Å². The minimum atomic E-state index is -0.494.